The van der Waals surface area contributed by atoms with Gasteiger partial charge in [0.1, 0.15) is 19.0 Å². The van der Waals surface area contributed by atoms with E-state index in [2.05, 4.69) is 43.1 Å². The fourth-order valence-corrected chi connectivity index (χ4v) is 4.31. The maximum atomic E-state index is 9.10. The Morgan fingerprint density at radius 1 is 0.967 bits per heavy atom. The second-order valence-electron chi connectivity index (χ2n) is 6.13. The minimum atomic E-state index is 0.216. The number of nitrogens with zero attached hydrogens (tertiary/aromatic N) is 2. The number of rotatable bonds is 7. The highest BCUT2D eigenvalue weighted by Crippen LogP contribution is 2.35. The SMILES string of the molecule is N#Cc1ccccc1CO/N=C\c1cc(Br)c(OCc2ccc(Cl)c(Cl)c2)c(Br)c1. The van der Waals surface area contributed by atoms with Crippen LogP contribution in [-0.2, 0) is 18.1 Å². The van der Waals surface area contributed by atoms with Crippen molar-refractivity contribution in [3.05, 3.63) is 95.8 Å². The van der Waals surface area contributed by atoms with Crippen LogP contribution < -0.4 is 4.74 Å². The molecule has 0 aliphatic heterocycles. The monoisotopic (exact) mass is 566 g/mol. The number of nitriles is 1. The van der Waals surface area contributed by atoms with Gasteiger partial charge in [-0.1, -0.05) is 52.6 Å². The molecule has 0 N–H and O–H groups in total. The molecule has 0 unspecified atom stereocenters. The zero-order chi connectivity index (χ0) is 21.5. The van der Waals surface area contributed by atoms with Crippen LogP contribution in [0.15, 0.2) is 68.7 Å². The Kier molecular flexibility index (Phi) is 8.17. The van der Waals surface area contributed by atoms with Crippen LogP contribution in [0.3, 0.4) is 0 Å². The number of hydrogen-bond donors (Lipinski definition) is 0. The van der Waals surface area contributed by atoms with E-state index < -0.39 is 0 Å². The van der Waals surface area contributed by atoms with Gasteiger partial charge in [0.15, 0.2) is 0 Å². The van der Waals surface area contributed by atoms with Crippen molar-refractivity contribution >= 4 is 61.3 Å². The van der Waals surface area contributed by atoms with Gasteiger partial charge in [-0.3, -0.25) is 0 Å². The third kappa shape index (κ3) is 5.99. The van der Waals surface area contributed by atoms with Gasteiger partial charge < -0.3 is 9.57 Å². The van der Waals surface area contributed by atoms with Gasteiger partial charge in [-0.25, -0.2) is 0 Å². The van der Waals surface area contributed by atoms with E-state index in [1.807, 2.05) is 36.4 Å². The number of halogens is 4. The summed E-state index contributed by atoms with van der Waals surface area (Å²) in [5, 5.41) is 14.1. The highest BCUT2D eigenvalue weighted by molar-refractivity contribution is 9.11. The van der Waals surface area contributed by atoms with E-state index in [0.29, 0.717) is 28.0 Å². The van der Waals surface area contributed by atoms with E-state index in [0.717, 1.165) is 25.6 Å². The van der Waals surface area contributed by atoms with Crippen molar-refractivity contribution in [3.63, 3.8) is 0 Å². The molecule has 0 bridgehead atoms. The number of hydrogen-bond acceptors (Lipinski definition) is 4. The van der Waals surface area contributed by atoms with Gasteiger partial charge in [-0.05, 0) is 73.3 Å². The lowest BCUT2D eigenvalue weighted by molar-refractivity contribution is 0.132. The lowest BCUT2D eigenvalue weighted by atomic mass is 10.1. The van der Waals surface area contributed by atoms with E-state index in [1.165, 1.54) is 0 Å². The fraction of sp³-hybridized carbons (Fsp3) is 0.0909. The molecule has 0 amide bonds. The summed E-state index contributed by atoms with van der Waals surface area (Å²) in [6.07, 6.45) is 1.59. The van der Waals surface area contributed by atoms with Crippen molar-refractivity contribution < 1.29 is 9.57 Å². The summed E-state index contributed by atoms with van der Waals surface area (Å²) in [6, 6.07) is 18.5. The molecular formula is C22H14Br2Cl2N2O2. The van der Waals surface area contributed by atoms with Crippen molar-refractivity contribution in [2.75, 3.05) is 0 Å². The second-order valence-corrected chi connectivity index (χ2v) is 8.65. The molecule has 0 aliphatic carbocycles. The largest absolute Gasteiger partial charge is 0.487 e. The Morgan fingerprint density at radius 2 is 1.70 bits per heavy atom. The minimum Gasteiger partial charge on any atom is -0.487 e. The Labute approximate surface area is 201 Å². The molecular weight excluding hydrogens is 555 g/mol. The highest BCUT2D eigenvalue weighted by atomic mass is 79.9. The first-order valence-corrected chi connectivity index (χ1v) is 11.0. The van der Waals surface area contributed by atoms with Crippen LogP contribution in [0.5, 0.6) is 5.75 Å². The smallest absolute Gasteiger partial charge is 0.148 e. The van der Waals surface area contributed by atoms with E-state index in [-0.39, 0.29) is 6.61 Å². The van der Waals surface area contributed by atoms with Crippen molar-refractivity contribution in [1.29, 1.82) is 5.26 Å². The molecule has 0 radical (unpaired) electrons. The second kappa shape index (κ2) is 10.8. The van der Waals surface area contributed by atoms with Crippen molar-refractivity contribution in [2.24, 2.45) is 5.16 Å². The average molecular weight is 569 g/mol. The molecule has 3 aromatic carbocycles. The minimum absolute atomic E-state index is 0.216. The number of benzene rings is 3. The van der Waals surface area contributed by atoms with Crippen molar-refractivity contribution in [3.8, 4) is 11.8 Å². The Bertz CT molecular complexity index is 1110. The summed E-state index contributed by atoms with van der Waals surface area (Å²) in [7, 11) is 0. The average Bonchev–Trinajstić information content (AvgIpc) is 2.73. The van der Waals surface area contributed by atoms with Gasteiger partial charge in [0, 0.05) is 5.56 Å². The van der Waals surface area contributed by atoms with Crippen LogP contribution in [0, 0.1) is 11.3 Å². The predicted octanol–water partition coefficient (Wildman–Crippen LogP) is 7.52. The molecule has 8 heteroatoms. The first-order valence-electron chi connectivity index (χ1n) is 8.67. The molecule has 0 saturated heterocycles. The Morgan fingerprint density at radius 3 is 2.40 bits per heavy atom. The van der Waals surface area contributed by atoms with Gasteiger partial charge in [-0.2, -0.15) is 5.26 Å². The first-order chi connectivity index (χ1) is 14.5. The summed E-state index contributed by atoms with van der Waals surface area (Å²) < 4.78 is 7.43. The van der Waals surface area contributed by atoms with Gasteiger partial charge in [0.25, 0.3) is 0 Å². The Balaban J connectivity index is 1.63. The first kappa shape index (κ1) is 22.6. The van der Waals surface area contributed by atoms with Crippen LogP contribution in [0.4, 0.5) is 0 Å². The molecule has 3 rings (SSSR count). The molecule has 0 aliphatic rings. The summed E-state index contributed by atoms with van der Waals surface area (Å²) in [5.41, 5.74) is 3.07. The summed E-state index contributed by atoms with van der Waals surface area (Å²) in [5.74, 6) is 0.655. The van der Waals surface area contributed by atoms with Crippen LogP contribution >= 0.6 is 55.1 Å². The van der Waals surface area contributed by atoms with Gasteiger partial charge >= 0.3 is 0 Å². The molecule has 0 heterocycles. The zero-order valence-electron chi connectivity index (χ0n) is 15.4. The van der Waals surface area contributed by atoms with Gasteiger partial charge in [-0.15, -0.1) is 0 Å². The van der Waals surface area contributed by atoms with Crippen LogP contribution in [0.1, 0.15) is 22.3 Å². The lowest BCUT2D eigenvalue weighted by Gasteiger charge is -2.12. The fourth-order valence-electron chi connectivity index (χ4n) is 2.54. The normalized spacial score (nSPS) is 10.8. The summed E-state index contributed by atoms with van der Waals surface area (Å²) in [6.45, 7) is 0.552. The topological polar surface area (TPSA) is 54.6 Å². The van der Waals surface area contributed by atoms with Crippen molar-refractivity contribution in [2.45, 2.75) is 13.2 Å². The third-order valence-corrected chi connectivity index (χ3v) is 5.94. The van der Waals surface area contributed by atoms with E-state index in [1.54, 1.807) is 24.4 Å². The number of oxime groups is 1. The number of ether oxygens (including phenoxy) is 1. The third-order valence-electron chi connectivity index (χ3n) is 4.02. The zero-order valence-corrected chi connectivity index (χ0v) is 20.1. The lowest BCUT2D eigenvalue weighted by Crippen LogP contribution is -1.98. The summed E-state index contributed by atoms with van der Waals surface area (Å²) in [4.78, 5) is 5.34. The van der Waals surface area contributed by atoms with Gasteiger partial charge in [0.2, 0.25) is 0 Å². The molecule has 0 aromatic heterocycles. The molecule has 30 heavy (non-hydrogen) atoms. The quantitative estimate of drug-likeness (QED) is 0.219. The van der Waals surface area contributed by atoms with Crippen LogP contribution in [0.25, 0.3) is 0 Å². The molecule has 152 valence electrons. The van der Waals surface area contributed by atoms with E-state index >= 15 is 0 Å². The van der Waals surface area contributed by atoms with E-state index in [4.69, 9.17) is 38.0 Å². The molecule has 0 fully saturated rings. The molecule has 4 nitrogen and oxygen atoms in total. The molecule has 0 spiro atoms. The molecule has 3 aromatic rings. The van der Waals surface area contributed by atoms with Crippen LogP contribution in [-0.4, -0.2) is 6.21 Å². The maximum Gasteiger partial charge on any atom is 0.148 e. The highest BCUT2D eigenvalue weighted by Gasteiger charge is 2.10. The maximum absolute atomic E-state index is 9.10. The Hall–Kier alpha value is -2.04. The van der Waals surface area contributed by atoms with Gasteiger partial charge in [0.05, 0.1) is 36.8 Å². The van der Waals surface area contributed by atoms with Crippen molar-refractivity contribution in [1.82, 2.24) is 0 Å². The summed E-state index contributed by atoms with van der Waals surface area (Å²) >= 11 is 19.0. The predicted molar refractivity (Wildman–Crippen MR) is 126 cm³/mol. The molecule has 0 atom stereocenters. The molecule has 0 saturated carbocycles. The standard InChI is InChI=1S/C22H14Br2Cl2N2O2/c23-18-7-15(11-28-30-13-17-4-2-1-3-16(17)10-27)8-19(24)22(18)29-12-14-5-6-20(25)21(26)9-14/h1-9,11H,12-13H2/b28-11-. The van der Waals surface area contributed by atoms with Crippen LogP contribution in [0.2, 0.25) is 10.0 Å². The van der Waals surface area contributed by atoms with E-state index in [9.17, 15) is 0 Å².